The van der Waals surface area contributed by atoms with Crippen molar-refractivity contribution in [1.29, 1.82) is 0 Å². The summed E-state index contributed by atoms with van der Waals surface area (Å²) < 4.78 is 7.42. The second-order valence-electron chi connectivity index (χ2n) is 24.2. The Hall–Kier alpha value is -12.3. The summed E-state index contributed by atoms with van der Waals surface area (Å²) in [5, 5.41) is 7.20. The molecule has 0 atom stereocenters. The maximum absolute atomic E-state index is 5.63. The molecule has 0 fully saturated rings. The van der Waals surface area contributed by atoms with Gasteiger partial charge in [0.15, 0.2) is 17.5 Å². The van der Waals surface area contributed by atoms with Gasteiger partial charge in [0.25, 0.3) is 0 Å². The fourth-order valence-corrected chi connectivity index (χ4v) is 14.4. The van der Waals surface area contributed by atoms with Gasteiger partial charge in [-0.15, -0.1) is 0 Å². The molecule has 4 aromatic heterocycles. The van der Waals surface area contributed by atoms with E-state index < -0.39 is 0 Å². The van der Waals surface area contributed by atoms with Gasteiger partial charge in [0.1, 0.15) is 0 Å². The highest BCUT2D eigenvalue weighted by atomic mass is 15.0. The lowest BCUT2D eigenvalue weighted by atomic mass is 9.90. The van der Waals surface area contributed by atoms with Gasteiger partial charge in [0, 0.05) is 71.5 Å². The van der Waals surface area contributed by atoms with Crippen LogP contribution in [0, 0.1) is 0 Å². The molecule has 1 aliphatic carbocycles. The summed E-state index contributed by atoms with van der Waals surface area (Å²) in [6.07, 6.45) is 8.91. The van der Waals surface area contributed by atoms with Crippen LogP contribution in [-0.2, 0) is 0 Å². The van der Waals surface area contributed by atoms with Gasteiger partial charge in [-0.2, -0.15) is 0 Å². The number of nitrogens with zero attached hydrogens (tertiary/aromatic N) is 6. The van der Waals surface area contributed by atoms with Crippen LogP contribution in [0.25, 0.3) is 167 Å². The molecular formula is C87H58N6. The van der Waals surface area contributed by atoms with Crippen molar-refractivity contribution in [2.75, 3.05) is 0 Å². The quantitative estimate of drug-likeness (QED) is 0.130. The van der Waals surface area contributed by atoms with Crippen molar-refractivity contribution in [1.82, 2.24) is 28.7 Å². The number of benzene rings is 13. The number of hydrogen-bond acceptors (Lipinski definition) is 3. The number of rotatable bonds is 11. The summed E-state index contributed by atoms with van der Waals surface area (Å²) in [5.41, 5.74) is 23.8. The molecule has 436 valence electrons. The molecule has 0 saturated heterocycles. The number of fused-ring (bicyclic) bond motifs is 9. The van der Waals surface area contributed by atoms with Crippen molar-refractivity contribution >= 4 is 71.0 Å². The Morgan fingerprint density at radius 3 is 1.04 bits per heavy atom. The zero-order valence-electron chi connectivity index (χ0n) is 50.8. The first-order valence-corrected chi connectivity index (χ1v) is 32.0. The van der Waals surface area contributed by atoms with Gasteiger partial charge in [-0.3, -0.25) is 0 Å². The van der Waals surface area contributed by atoms with E-state index in [9.17, 15) is 0 Å². The molecule has 0 bridgehead atoms. The molecule has 0 aliphatic heterocycles. The van der Waals surface area contributed by atoms with Crippen molar-refractivity contribution < 1.29 is 0 Å². The Morgan fingerprint density at radius 2 is 0.591 bits per heavy atom. The normalized spacial score (nSPS) is 12.5. The van der Waals surface area contributed by atoms with E-state index in [2.05, 4.69) is 341 Å². The summed E-state index contributed by atoms with van der Waals surface area (Å²) in [5.74, 6) is 1.75. The highest BCUT2D eigenvalue weighted by molar-refractivity contribution is 6.15. The standard InChI is InChI=1S/C87H58N6/c1-6-24-57(25-7-1)60-42-44-63(45-43-60)85-88-86(66-51-64(58-26-8-2-9-27-58)50-65(52-66)59-28-10-3-11-29-59)90-87(89-85)67-53-74(61-30-12-4-13-31-61)84(75(54-67)62-32-14-5-15-33-62)93-82-48-46-68(91-78-38-20-16-34-70(78)71-35-17-21-39-79(71)91)55-76(82)77-56-69(47-49-83(77)93)92-80-40-22-18-36-72(80)73-37-19-23-41-81(73)92/h1-4,6-14,16-56H,5,15H2. The molecule has 17 aromatic rings. The predicted octanol–water partition coefficient (Wildman–Crippen LogP) is 22.6. The van der Waals surface area contributed by atoms with E-state index in [1.165, 1.54) is 43.6 Å². The minimum atomic E-state index is 0.577. The SMILES string of the molecule is C1=CC(c2cc(-c3nc(-c4ccc(-c5ccccc5)cc4)nc(-c4cc(-c5ccccc5)cc(-c5ccccc5)c4)n3)cc(-c3ccccc3)c2-n2c3ccc(-n4c5ccccc5c5ccccc54)cc3c3cc(-n4c5ccccc5c5ccccc54)ccc32)=CCC1. The van der Waals surface area contributed by atoms with Crippen LogP contribution in [0.4, 0.5) is 0 Å². The first-order chi connectivity index (χ1) is 46.1. The van der Waals surface area contributed by atoms with E-state index >= 15 is 0 Å². The average molecular weight is 1190 g/mol. The molecule has 1 aliphatic rings. The van der Waals surface area contributed by atoms with Crippen LogP contribution in [0.5, 0.6) is 0 Å². The first-order valence-electron chi connectivity index (χ1n) is 32.0. The van der Waals surface area contributed by atoms with Gasteiger partial charge in [0.2, 0.25) is 0 Å². The third-order valence-electron chi connectivity index (χ3n) is 18.7. The maximum Gasteiger partial charge on any atom is 0.164 e. The van der Waals surface area contributed by atoms with Crippen LogP contribution in [0.15, 0.2) is 328 Å². The lowest BCUT2D eigenvalue weighted by molar-refractivity contribution is 1.04. The van der Waals surface area contributed by atoms with Crippen molar-refractivity contribution in [3.63, 3.8) is 0 Å². The minimum Gasteiger partial charge on any atom is -0.309 e. The van der Waals surface area contributed by atoms with Gasteiger partial charge >= 0.3 is 0 Å². The number of aromatic nitrogens is 6. The van der Waals surface area contributed by atoms with Gasteiger partial charge < -0.3 is 13.7 Å². The number of hydrogen-bond donors (Lipinski definition) is 0. The molecule has 4 heterocycles. The molecule has 13 aromatic carbocycles. The number of para-hydroxylation sites is 4. The summed E-state index contributed by atoms with van der Waals surface area (Å²) in [6.45, 7) is 0. The highest BCUT2D eigenvalue weighted by Gasteiger charge is 2.26. The first kappa shape index (κ1) is 53.7. The van der Waals surface area contributed by atoms with E-state index in [1.807, 2.05) is 0 Å². The monoisotopic (exact) mass is 1190 g/mol. The van der Waals surface area contributed by atoms with E-state index in [0.717, 1.165) is 124 Å². The van der Waals surface area contributed by atoms with Crippen LogP contribution >= 0.6 is 0 Å². The molecule has 0 radical (unpaired) electrons. The van der Waals surface area contributed by atoms with Crippen molar-refractivity contribution in [2.45, 2.75) is 12.8 Å². The summed E-state index contributed by atoms with van der Waals surface area (Å²) in [6, 6.07) is 112. The lowest BCUT2D eigenvalue weighted by Gasteiger charge is -2.22. The molecular weight excluding hydrogens is 1130 g/mol. The lowest BCUT2D eigenvalue weighted by Crippen LogP contribution is -2.06. The number of allylic oxidation sites excluding steroid dienone is 4. The van der Waals surface area contributed by atoms with Crippen molar-refractivity contribution in [3.05, 3.63) is 333 Å². The van der Waals surface area contributed by atoms with E-state index in [0.29, 0.717) is 17.5 Å². The second-order valence-corrected chi connectivity index (χ2v) is 24.2. The van der Waals surface area contributed by atoms with Gasteiger partial charge in [-0.25, -0.2) is 15.0 Å². The third-order valence-corrected chi connectivity index (χ3v) is 18.7. The minimum absolute atomic E-state index is 0.577. The Kier molecular flexibility index (Phi) is 12.9. The van der Waals surface area contributed by atoms with Gasteiger partial charge in [-0.05, 0) is 148 Å². The summed E-state index contributed by atoms with van der Waals surface area (Å²) >= 11 is 0. The Balaban J connectivity index is 0.912. The largest absolute Gasteiger partial charge is 0.309 e. The third kappa shape index (κ3) is 9.29. The Bertz CT molecular complexity index is 5500. The smallest absolute Gasteiger partial charge is 0.164 e. The topological polar surface area (TPSA) is 53.5 Å². The fraction of sp³-hybridized carbons (Fsp3) is 0.0230. The van der Waals surface area contributed by atoms with Crippen LogP contribution in [0.2, 0.25) is 0 Å². The molecule has 6 heteroatoms. The van der Waals surface area contributed by atoms with Crippen LogP contribution < -0.4 is 0 Å². The van der Waals surface area contributed by atoms with E-state index in [-0.39, 0.29) is 0 Å². The van der Waals surface area contributed by atoms with Crippen LogP contribution in [0.1, 0.15) is 18.4 Å². The zero-order valence-corrected chi connectivity index (χ0v) is 50.8. The van der Waals surface area contributed by atoms with E-state index in [4.69, 9.17) is 15.0 Å². The molecule has 0 N–H and O–H groups in total. The Labute approximate surface area is 538 Å². The molecule has 0 amide bonds. The highest BCUT2D eigenvalue weighted by Crippen LogP contribution is 2.46. The van der Waals surface area contributed by atoms with Gasteiger partial charge in [0.05, 0.1) is 38.8 Å². The van der Waals surface area contributed by atoms with Crippen molar-refractivity contribution in [2.24, 2.45) is 0 Å². The average Bonchev–Trinajstić information content (AvgIpc) is 1.58. The van der Waals surface area contributed by atoms with E-state index in [1.54, 1.807) is 0 Å². The Morgan fingerprint density at radius 1 is 0.237 bits per heavy atom. The maximum atomic E-state index is 5.63. The summed E-state index contributed by atoms with van der Waals surface area (Å²) in [7, 11) is 0. The zero-order chi connectivity index (χ0) is 61.3. The second kappa shape index (κ2) is 22.4. The molecule has 0 spiro atoms. The fourth-order valence-electron chi connectivity index (χ4n) is 14.4. The molecule has 6 nitrogen and oxygen atoms in total. The van der Waals surface area contributed by atoms with Gasteiger partial charge in [-0.1, -0.05) is 237 Å². The summed E-state index contributed by atoms with van der Waals surface area (Å²) in [4.78, 5) is 16.6. The molecule has 18 rings (SSSR count). The van der Waals surface area contributed by atoms with Crippen molar-refractivity contribution in [3.8, 4) is 95.7 Å². The van der Waals surface area contributed by atoms with Crippen LogP contribution in [-0.4, -0.2) is 28.7 Å². The van der Waals surface area contributed by atoms with Crippen LogP contribution in [0.3, 0.4) is 0 Å². The predicted molar refractivity (Wildman–Crippen MR) is 387 cm³/mol. The molecule has 0 saturated carbocycles. The molecule has 93 heavy (non-hydrogen) atoms. The molecule has 0 unspecified atom stereocenters.